The van der Waals surface area contributed by atoms with Gasteiger partial charge < -0.3 is 5.32 Å². The van der Waals surface area contributed by atoms with E-state index in [2.05, 4.69) is 50.4 Å². The third-order valence-corrected chi connectivity index (χ3v) is 3.64. The third kappa shape index (κ3) is 7.37. The fourth-order valence-electron chi connectivity index (χ4n) is 2.30. The molecule has 1 aromatic carbocycles. The van der Waals surface area contributed by atoms with E-state index in [1.54, 1.807) is 0 Å². The van der Waals surface area contributed by atoms with Gasteiger partial charge in [0.2, 0.25) is 0 Å². The Labute approximate surface area is 119 Å². The average Bonchev–Trinajstić information content (AvgIpc) is 2.42. The van der Waals surface area contributed by atoms with Crippen molar-refractivity contribution in [2.45, 2.75) is 65.2 Å². The Kier molecular flexibility index (Phi) is 8.57. The Morgan fingerprint density at radius 3 is 2.21 bits per heavy atom. The van der Waals surface area contributed by atoms with Gasteiger partial charge in [-0.2, -0.15) is 0 Å². The molecule has 0 radical (unpaired) electrons. The minimum atomic E-state index is 0.643. The average molecular weight is 261 g/mol. The monoisotopic (exact) mass is 261 g/mol. The molecule has 0 bridgehead atoms. The molecule has 0 aliphatic rings. The number of nitrogens with one attached hydrogen (secondary N) is 1. The Balaban J connectivity index is 2.06. The summed E-state index contributed by atoms with van der Waals surface area (Å²) in [5, 5.41) is 3.46. The summed E-state index contributed by atoms with van der Waals surface area (Å²) in [5.41, 5.74) is 2.94. The van der Waals surface area contributed by atoms with E-state index in [4.69, 9.17) is 0 Å². The first-order valence-electron chi connectivity index (χ1n) is 8.03. The zero-order valence-electron chi connectivity index (χ0n) is 13.0. The lowest BCUT2D eigenvalue weighted by molar-refractivity contribution is 0.584. The number of rotatable bonds is 10. The molecule has 0 aromatic heterocycles. The summed E-state index contributed by atoms with van der Waals surface area (Å²) in [6, 6.07) is 9.18. The first-order valence-corrected chi connectivity index (χ1v) is 8.03. The largest absolute Gasteiger partial charge is 0.317 e. The third-order valence-electron chi connectivity index (χ3n) is 3.64. The van der Waals surface area contributed by atoms with Crippen LogP contribution in [0.1, 0.15) is 69.9 Å². The van der Waals surface area contributed by atoms with Gasteiger partial charge in [-0.3, -0.25) is 0 Å². The highest BCUT2D eigenvalue weighted by atomic mass is 14.8. The summed E-state index contributed by atoms with van der Waals surface area (Å²) in [6.07, 6.45) is 7.86. The van der Waals surface area contributed by atoms with E-state index >= 15 is 0 Å². The maximum Gasteiger partial charge on any atom is -0.00489 e. The normalized spacial score (nSPS) is 11.2. The lowest BCUT2D eigenvalue weighted by Crippen LogP contribution is -2.15. The van der Waals surface area contributed by atoms with E-state index in [-0.39, 0.29) is 0 Å². The van der Waals surface area contributed by atoms with Crippen molar-refractivity contribution in [1.82, 2.24) is 5.32 Å². The lowest BCUT2D eigenvalue weighted by atomic mass is 9.99. The van der Waals surface area contributed by atoms with Crippen molar-refractivity contribution < 1.29 is 0 Å². The first-order chi connectivity index (χ1) is 9.24. The Hall–Kier alpha value is -0.820. The Morgan fingerprint density at radius 1 is 0.895 bits per heavy atom. The molecule has 1 N–H and O–H groups in total. The van der Waals surface area contributed by atoms with Gasteiger partial charge in [-0.15, -0.1) is 0 Å². The molecule has 0 spiro atoms. The fraction of sp³-hybridized carbons (Fsp3) is 0.667. The molecule has 1 rings (SSSR count). The second-order valence-electron chi connectivity index (χ2n) is 5.81. The van der Waals surface area contributed by atoms with Crippen LogP contribution < -0.4 is 5.32 Å². The van der Waals surface area contributed by atoms with Crippen molar-refractivity contribution in [2.75, 3.05) is 13.1 Å². The van der Waals surface area contributed by atoms with Crippen LogP contribution in [0.4, 0.5) is 0 Å². The number of hydrogen-bond acceptors (Lipinski definition) is 1. The molecular formula is C18H31N. The van der Waals surface area contributed by atoms with Crippen molar-refractivity contribution in [1.29, 1.82) is 0 Å². The van der Waals surface area contributed by atoms with E-state index in [1.165, 1.54) is 62.7 Å². The van der Waals surface area contributed by atoms with Crippen molar-refractivity contribution in [3.63, 3.8) is 0 Å². The highest BCUT2D eigenvalue weighted by Crippen LogP contribution is 2.16. The molecule has 0 atom stereocenters. The predicted molar refractivity (Wildman–Crippen MR) is 85.9 cm³/mol. The molecule has 1 aromatic rings. The highest BCUT2D eigenvalue weighted by Gasteiger charge is 1.99. The van der Waals surface area contributed by atoms with Crippen molar-refractivity contribution >= 4 is 0 Å². The molecule has 1 heteroatoms. The molecule has 0 amide bonds. The molecule has 0 heterocycles. The van der Waals surface area contributed by atoms with E-state index in [0.717, 1.165) is 0 Å². The second-order valence-corrected chi connectivity index (χ2v) is 5.81. The maximum atomic E-state index is 3.46. The van der Waals surface area contributed by atoms with Gasteiger partial charge in [-0.25, -0.2) is 0 Å². The van der Waals surface area contributed by atoms with Gasteiger partial charge in [0.15, 0.2) is 0 Å². The smallest absolute Gasteiger partial charge is 0.00489 e. The molecule has 108 valence electrons. The lowest BCUT2D eigenvalue weighted by Gasteiger charge is -2.07. The molecule has 0 aliphatic heterocycles. The second kappa shape index (κ2) is 10.0. The van der Waals surface area contributed by atoms with Gasteiger partial charge in [-0.05, 0) is 55.8 Å². The topological polar surface area (TPSA) is 12.0 Å². The van der Waals surface area contributed by atoms with Gasteiger partial charge in [0.25, 0.3) is 0 Å². The molecule has 0 saturated heterocycles. The van der Waals surface area contributed by atoms with Crippen LogP contribution >= 0.6 is 0 Å². The van der Waals surface area contributed by atoms with Crippen molar-refractivity contribution in [3.8, 4) is 0 Å². The zero-order chi connectivity index (χ0) is 13.9. The van der Waals surface area contributed by atoms with Crippen molar-refractivity contribution in [3.05, 3.63) is 35.4 Å². The number of unbranched alkanes of at least 4 members (excludes halogenated alkanes) is 3. The fourth-order valence-corrected chi connectivity index (χ4v) is 2.30. The summed E-state index contributed by atoms with van der Waals surface area (Å²) in [4.78, 5) is 0. The summed E-state index contributed by atoms with van der Waals surface area (Å²) >= 11 is 0. The van der Waals surface area contributed by atoms with Crippen LogP contribution in [0.15, 0.2) is 24.3 Å². The molecule has 0 fully saturated rings. The summed E-state index contributed by atoms with van der Waals surface area (Å²) < 4.78 is 0. The first kappa shape index (κ1) is 16.2. The summed E-state index contributed by atoms with van der Waals surface area (Å²) in [6.45, 7) is 9.08. The minimum Gasteiger partial charge on any atom is -0.317 e. The predicted octanol–water partition coefficient (Wildman–Crippen LogP) is 4.91. The van der Waals surface area contributed by atoms with Crippen LogP contribution in [0.3, 0.4) is 0 Å². The molecule has 0 saturated carbocycles. The molecule has 0 unspecified atom stereocenters. The molecule has 0 aliphatic carbocycles. The SMILES string of the molecule is CCCNCCCCCCc1ccc(C(C)C)cc1. The van der Waals surface area contributed by atoms with Crippen LogP contribution in [0.5, 0.6) is 0 Å². The number of aryl methyl sites for hydroxylation is 1. The van der Waals surface area contributed by atoms with Crippen LogP contribution in [0.2, 0.25) is 0 Å². The van der Waals surface area contributed by atoms with Crippen LogP contribution in [-0.4, -0.2) is 13.1 Å². The van der Waals surface area contributed by atoms with Gasteiger partial charge >= 0.3 is 0 Å². The van der Waals surface area contributed by atoms with Gasteiger partial charge in [0, 0.05) is 0 Å². The minimum absolute atomic E-state index is 0.643. The maximum absolute atomic E-state index is 3.46. The van der Waals surface area contributed by atoms with Crippen LogP contribution in [-0.2, 0) is 6.42 Å². The molecule has 19 heavy (non-hydrogen) atoms. The molecule has 1 nitrogen and oxygen atoms in total. The van der Waals surface area contributed by atoms with E-state index in [9.17, 15) is 0 Å². The Bertz CT molecular complexity index is 313. The van der Waals surface area contributed by atoms with E-state index in [1.807, 2.05) is 0 Å². The zero-order valence-corrected chi connectivity index (χ0v) is 13.0. The van der Waals surface area contributed by atoms with E-state index < -0.39 is 0 Å². The number of benzene rings is 1. The van der Waals surface area contributed by atoms with Gasteiger partial charge in [0.05, 0.1) is 0 Å². The highest BCUT2D eigenvalue weighted by molar-refractivity contribution is 5.24. The molecular weight excluding hydrogens is 230 g/mol. The van der Waals surface area contributed by atoms with Crippen LogP contribution in [0.25, 0.3) is 0 Å². The number of hydrogen-bond donors (Lipinski definition) is 1. The quantitative estimate of drug-likeness (QED) is 0.590. The van der Waals surface area contributed by atoms with Crippen molar-refractivity contribution in [2.24, 2.45) is 0 Å². The van der Waals surface area contributed by atoms with Crippen LogP contribution in [0, 0.1) is 0 Å². The summed E-state index contributed by atoms with van der Waals surface area (Å²) in [5.74, 6) is 0.643. The standard InChI is InChI=1S/C18H31N/c1-4-14-19-15-8-6-5-7-9-17-10-12-18(13-11-17)16(2)3/h10-13,16,19H,4-9,14-15H2,1-3H3. The van der Waals surface area contributed by atoms with Gasteiger partial charge in [0.1, 0.15) is 0 Å². The Morgan fingerprint density at radius 2 is 1.58 bits per heavy atom. The van der Waals surface area contributed by atoms with Gasteiger partial charge in [-0.1, -0.05) is 57.9 Å². The summed E-state index contributed by atoms with van der Waals surface area (Å²) in [7, 11) is 0. The van der Waals surface area contributed by atoms with E-state index in [0.29, 0.717) is 5.92 Å².